The second-order valence-electron chi connectivity index (χ2n) is 6.02. The molecule has 1 saturated carbocycles. The third-order valence-electron chi connectivity index (χ3n) is 3.94. The molecule has 0 aliphatic heterocycles. The Morgan fingerprint density at radius 1 is 1.16 bits per heavy atom. The zero-order chi connectivity index (χ0) is 17.8. The molecule has 130 valence electrons. The van der Waals surface area contributed by atoms with Crippen LogP contribution in [0.5, 0.6) is 5.75 Å². The first kappa shape index (κ1) is 17.0. The van der Waals surface area contributed by atoms with Crippen LogP contribution >= 0.6 is 0 Å². The highest BCUT2D eigenvalue weighted by Crippen LogP contribution is 2.20. The summed E-state index contributed by atoms with van der Waals surface area (Å²) in [5, 5.41) is 5.56. The van der Waals surface area contributed by atoms with Crippen LogP contribution in [-0.2, 0) is 11.2 Å². The number of amides is 2. The van der Waals surface area contributed by atoms with Crippen molar-refractivity contribution in [3.63, 3.8) is 0 Å². The summed E-state index contributed by atoms with van der Waals surface area (Å²) in [6.45, 7) is 0. The maximum absolute atomic E-state index is 13.9. The van der Waals surface area contributed by atoms with Gasteiger partial charge in [-0.25, -0.2) is 4.39 Å². The molecule has 1 fully saturated rings. The lowest BCUT2D eigenvalue weighted by atomic mass is 10.1. The van der Waals surface area contributed by atoms with Gasteiger partial charge in [0.15, 0.2) is 0 Å². The first-order chi connectivity index (χ1) is 12.0. The summed E-state index contributed by atoms with van der Waals surface area (Å²) in [6, 6.07) is 11.3. The van der Waals surface area contributed by atoms with Gasteiger partial charge in [-0.2, -0.15) is 0 Å². The number of carbonyl (C=O) groups excluding carboxylic acids is 2. The van der Waals surface area contributed by atoms with Crippen LogP contribution in [0.3, 0.4) is 0 Å². The predicted octanol–water partition coefficient (Wildman–Crippen LogP) is 2.91. The molecule has 5 nitrogen and oxygen atoms in total. The van der Waals surface area contributed by atoms with Crippen LogP contribution < -0.4 is 15.4 Å². The lowest BCUT2D eigenvalue weighted by molar-refractivity contribution is -0.120. The number of halogens is 1. The number of hydrogen-bond donors (Lipinski definition) is 2. The Kier molecular flexibility index (Phi) is 4.97. The Bertz CT molecular complexity index is 786. The molecule has 1 aliphatic rings. The predicted molar refractivity (Wildman–Crippen MR) is 92.2 cm³/mol. The first-order valence-electron chi connectivity index (χ1n) is 8.08. The maximum atomic E-state index is 13.9. The van der Waals surface area contributed by atoms with Crippen LogP contribution in [0.25, 0.3) is 0 Å². The van der Waals surface area contributed by atoms with Crippen molar-refractivity contribution in [3.05, 3.63) is 59.4 Å². The lowest BCUT2D eigenvalue weighted by Crippen LogP contribution is -2.26. The second-order valence-corrected chi connectivity index (χ2v) is 6.02. The topological polar surface area (TPSA) is 67.4 Å². The van der Waals surface area contributed by atoms with Gasteiger partial charge in [0.05, 0.1) is 19.1 Å². The summed E-state index contributed by atoms with van der Waals surface area (Å²) in [7, 11) is 1.43. The fraction of sp³-hybridized carbons (Fsp3) is 0.263. The van der Waals surface area contributed by atoms with Gasteiger partial charge in [0.1, 0.15) is 11.6 Å². The molecule has 2 N–H and O–H groups in total. The first-order valence-corrected chi connectivity index (χ1v) is 8.08. The summed E-state index contributed by atoms with van der Waals surface area (Å²) in [6.07, 6.45) is 2.41. The average molecular weight is 342 g/mol. The molecule has 2 aromatic carbocycles. The van der Waals surface area contributed by atoms with Crippen molar-refractivity contribution in [2.24, 2.45) is 0 Å². The van der Waals surface area contributed by atoms with Crippen molar-refractivity contribution in [1.82, 2.24) is 5.32 Å². The normalized spacial score (nSPS) is 13.2. The highest BCUT2D eigenvalue weighted by atomic mass is 19.1. The van der Waals surface area contributed by atoms with Gasteiger partial charge in [-0.15, -0.1) is 0 Å². The fourth-order valence-corrected chi connectivity index (χ4v) is 2.40. The van der Waals surface area contributed by atoms with Gasteiger partial charge in [0, 0.05) is 17.8 Å². The molecule has 0 bridgehead atoms. The van der Waals surface area contributed by atoms with Crippen molar-refractivity contribution in [3.8, 4) is 5.75 Å². The molecule has 0 unspecified atom stereocenters. The zero-order valence-electron chi connectivity index (χ0n) is 13.8. The molecule has 0 aromatic heterocycles. The Labute approximate surface area is 145 Å². The minimum atomic E-state index is -0.648. The molecule has 0 radical (unpaired) electrons. The van der Waals surface area contributed by atoms with Gasteiger partial charge in [0.25, 0.3) is 5.91 Å². The molecule has 0 spiro atoms. The van der Waals surface area contributed by atoms with Gasteiger partial charge < -0.3 is 15.4 Å². The van der Waals surface area contributed by atoms with Crippen molar-refractivity contribution in [1.29, 1.82) is 0 Å². The molecule has 0 heterocycles. The molecular formula is C19H19FN2O3. The van der Waals surface area contributed by atoms with Crippen LogP contribution in [-0.4, -0.2) is 25.0 Å². The van der Waals surface area contributed by atoms with Crippen LogP contribution in [0, 0.1) is 5.82 Å². The Morgan fingerprint density at radius 2 is 1.88 bits per heavy atom. The highest BCUT2D eigenvalue weighted by molar-refractivity contribution is 6.04. The largest absolute Gasteiger partial charge is 0.497 e. The van der Waals surface area contributed by atoms with Crippen LogP contribution in [0.2, 0.25) is 0 Å². The van der Waals surface area contributed by atoms with Gasteiger partial charge >= 0.3 is 0 Å². The lowest BCUT2D eigenvalue weighted by Gasteiger charge is -2.08. The van der Waals surface area contributed by atoms with E-state index in [2.05, 4.69) is 10.6 Å². The molecule has 3 rings (SSSR count). The van der Waals surface area contributed by atoms with Gasteiger partial charge in [-0.3, -0.25) is 9.59 Å². The molecule has 25 heavy (non-hydrogen) atoms. The summed E-state index contributed by atoms with van der Waals surface area (Å²) < 4.78 is 18.8. The molecule has 6 heteroatoms. The Morgan fingerprint density at radius 3 is 2.48 bits per heavy atom. The Balaban J connectivity index is 1.60. The number of hydrogen-bond acceptors (Lipinski definition) is 3. The van der Waals surface area contributed by atoms with E-state index in [4.69, 9.17) is 4.74 Å². The van der Waals surface area contributed by atoms with E-state index in [0.717, 1.165) is 24.5 Å². The molecule has 2 amide bonds. The maximum Gasteiger partial charge on any atom is 0.258 e. The van der Waals surface area contributed by atoms with E-state index in [-0.39, 0.29) is 11.5 Å². The number of methoxy groups -OCH3 is 1. The standard InChI is InChI=1S/C19H19FN2O3/c1-25-15-8-9-16(17(20)11-15)19(24)22-14-4-2-12(3-5-14)10-18(23)21-13-6-7-13/h2-5,8-9,11,13H,6-7,10H2,1H3,(H,21,23)(H,22,24). The van der Waals surface area contributed by atoms with E-state index in [1.807, 2.05) is 0 Å². The Hall–Kier alpha value is -2.89. The molecule has 0 atom stereocenters. The average Bonchev–Trinajstić information content (AvgIpc) is 3.40. The fourth-order valence-electron chi connectivity index (χ4n) is 2.40. The summed E-state index contributed by atoms with van der Waals surface area (Å²) in [4.78, 5) is 23.9. The number of benzene rings is 2. The monoisotopic (exact) mass is 342 g/mol. The zero-order valence-corrected chi connectivity index (χ0v) is 13.8. The quantitative estimate of drug-likeness (QED) is 0.848. The van der Waals surface area contributed by atoms with E-state index in [9.17, 15) is 14.0 Å². The highest BCUT2D eigenvalue weighted by Gasteiger charge is 2.23. The van der Waals surface area contributed by atoms with Crippen molar-refractivity contribution in [2.45, 2.75) is 25.3 Å². The minimum Gasteiger partial charge on any atom is -0.497 e. The van der Waals surface area contributed by atoms with E-state index in [1.54, 1.807) is 24.3 Å². The van der Waals surface area contributed by atoms with Crippen molar-refractivity contribution in [2.75, 3.05) is 12.4 Å². The van der Waals surface area contributed by atoms with E-state index >= 15 is 0 Å². The van der Waals surface area contributed by atoms with Crippen LogP contribution in [0.4, 0.5) is 10.1 Å². The minimum absolute atomic E-state index is 0.000380. The van der Waals surface area contributed by atoms with Gasteiger partial charge in [-0.1, -0.05) is 12.1 Å². The summed E-state index contributed by atoms with van der Waals surface area (Å²) >= 11 is 0. The van der Waals surface area contributed by atoms with Crippen LogP contribution in [0.1, 0.15) is 28.8 Å². The summed E-state index contributed by atoms with van der Waals surface area (Å²) in [5.74, 6) is -0.841. The number of anilines is 1. The summed E-state index contributed by atoms with van der Waals surface area (Å²) in [5.41, 5.74) is 1.33. The van der Waals surface area contributed by atoms with Crippen molar-refractivity contribution >= 4 is 17.5 Å². The smallest absolute Gasteiger partial charge is 0.258 e. The number of rotatable bonds is 6. The number of ether oxygens (including phenoxy) is 1. The van der Waals surface area contributed by atoms with E-state index in [1.165, 1.54) is 19.2 Å². The number of nitrogens with one attached hydrogen (secondary N) is 2. The molecular weight excluding hydrogens is 323 g/mol. The van der Waals surface area contributed by atoms with E-state index < -0.39 is 11.7 Å². The second kappa shape index (κ2) is 7.34. The van der Waals surface area contributed by atoms with Crippen LogP contribution in [0.15, 0.2) is 42.5 Å². The molecule has 2 aromatic rings. The van der Waals surface area contributed by atoms with E-state index in [0.29, 0.717) is 23.9 Å². The molecule has 0 saturated heterocycles. The van der Waals surface area contributed by atoms with Gasteiger partial charge in [0.2, 0.25) is 5.91 Å². The number of carbonyl (C=O) groups is 2. The third kappa shape index (κ3) is 4.56. The third-order valence-corrected chi connectivity index (χ3v) is 3.94. The SMILES string of the molecule is COc1ccc(C(=O)Nc2ccc(CC(=O)NC3CC3)cc2)c(F)c1. The molecule has 1 aliphatic carbocycles. The van der Waals surface area contributed by atoms with Crippen molar-refractivity contribution < 1.29 is 18.7 Å². The van der Waals surface area contributed by atoms with Gasteiger partial charge in [-0.05, 0) is 42.7 Å².